The van der Waals surface area contributed by atoms with Crippen LogP contribution in [-0.4, -0.2) is 12.9 Å². The van der Waals surface area contributed by atoms with Crippen LogP contribution in [0.3, 0.4) is 0 Å². The van der Waals surface area contributed by atoms with Gasteiger partial charge in [0.15, 0.2) is 0 Å². The average Bonchev–Trinajstić information content (AvgIpc) is 1.87. The summed E-state index contributed by atoms with van der Waals surface area (Å²) in [7, 11) is 0. The van der Waals surface area contributed by atoms with Gasteiger partial charge in [-0.05, 0) is 0 Å². The molecule has 4 heteroatoms. The Labute approximate surface area is 70.5 Å². The molecule has 0 radical (unpaired) electrons. The molecule has 0 aromatic heterocycles. The summed E-state index contributed by atoms with van der Waals surface area (Å²) in [6.07, 6.45) is 4.07. The van der Waals surface area contributed by atoms with E-state index >= 15 is 0 Å². The average molecular weight is 322 g/mol. The van der Waals surface area contributed by atoms with Crippen molar-refractivity contribution in [2.75, 3.05) is 6.67 Å². The lowest BCUT2D eigenvalue weighted by Crippen LogP contribution is -2.07. The fraction of sp³-hybridized carbons (Fsp3) is 0.333. The normalized spacial score (nSPS) is 19.1. The number of nitrogens with zero attached hydrogens (tertiary/aromatic N) is 2. The first-order valence-electron chi connectivity index (χ1n) is 1.82. The third-order valence-corrected chi connectivity index (χ3v) is 1.91. The van der Waals surface area contributed by atoms with Gasteiger partial charge in [0.05, 0.1) is 45.7 Å². The molecule has 0 saturated carbocycles. The highest BCUT2D eigenvalue weighted by molar-refractivity contribution is 14.1. The predicted molar refractivity (Wildman–Crippen MR) is 45.7 cm³/mol. The summed E-state index contributed by atoms with van der Waals surface area (Å²) in [5, 5.41) is 0. The van der Waals surface area contributed by atoms with Gasteiger partial charge in [0.1, 0.15) is 6.67 Å². The van der Waals surface area contributed by atoms with Gasteiger partial charge < -0.3 is 6.23 Å². The molecular weight excluding hydrogens is 318 g/mol. The summed E-state index contributed by atoms with van der Waals surface area (Å²) < 4.78 is 4.18. The van der Waals surface area contributed by atoms with Crippen molar-refractivity contribution in [1.82, 2.24) is 6.23 Å². The summed E-state index contributed by atoms with van der Waals surface area (Å²) >= 11 is 4.49. The molecule has 0 spiro atoms. The number of hydrogen-bond acceptors (Lipinski definition) is 2. The van der Waals surface area contributed by atoms with E-state index in [1.807, 2.05) is 12.4 Å². The zero-order chi connectivity index (χ0) is 5.28. The van der Waals surface area contributed by atoms with E-state index in [2.05, 4.69) is 52.0 Å². The van der Waals surface area contributed by atoms with Gasteiger partial charge in [0, 0.05) is 12.4 Å². The van der Waals surface area contributed by atoms with E-state index in [1.54, 1.807) is 0 Å². The summed E-state index contributed by atoms with van der Waals surface area (Å²) in [6.45, 7) is 1.00. The Balaban J connectivity index is 2.42. The molecule has 1 aliphatic heterocycles. The molecule has 0 aromatic carbocycles. The van der Waals surface area contributed by atoms with Gasteiger partial charge in [0.25, 0.3) is 0 Å². The van der Waals surface area contributed by atoms with Crippen LogP contribution in [0.5, 0.6) is 0 Å². The summed E-state index contributed by atoms with van der Waals surface area (Å²) in [6, 6.07) is 0. The van der Waals surface area contributed by atoms with E-state index in [9.17, 15) is 0 Å². The van der Waals surface area contributed by atoms with Crippen LogP contribution in [0.15, 0.2) is 12.4 Å². The van der Waals surface area contributed by atoms with E-state index < -0.39 is 0 Å². The van der Waals surface area contributed by atoms with Crippen molar-refractivity contribution in [2.45, 2.75) is 0 Å². The third kappa shape index (κ3) is 1.63. The van der Waals surface area contributed by atoms with Crippen molar-refractivity contribution >= 4 is 45.7 Å². The molecule has 1 aliphatic rings. The molecule has 40 valence electrons. The molecule has 7 heavy (non-hydrogen) atoms. The first-order valence-corrected chi connectivity index (χ1v) is 3.75. The molecular formula is C3H4I2N2. The van der Waals surface area contributed by atoms with E-state index in [-0.39, 0.29) is 0 Å². The van der Waals surface area contributed by atoms with Gasteiger partial charge >= 0.3 is 0 Å². The van der Waals surface area contributed by atoms with Crippen LogP contribution in [0.2, 0.25) is 0 Å². The minimum atomic E-state index is 1.00. The topological polar surface area (TPSA) is 6.48 Å². The van der Waals surface area contributed by atoms with Gasteiger partial charge in [-0.25, -0.2) is 0 Å². The lowest BCUT2D eigenvalue weighted by atomic mass is 11.0. The molecule has 0 aliphatic carbocycles. The SMILES string of the molecule is IN1C=CN(I)C1. The van der Waals surface area contributed by atoms with Crippen molar-refractivity contribution < 1.29 is 0 Å². The Morgan fingerprint density at radius 1 is 1.14 bits per heavy atom. The highest BCUT2D eigenvalue weighted by atomic mass is 127. The Kier molecular flexibility index (Phi) is 2.02. The second-order valence-electron chi connectivity index (χ2n) is 1.24. The highest BCUT2D eigenvalue weighted by Crippen LogP contribution is 2.13. The molecule has 0 fully saturated rings. The molecule has 1 heterocycles. The largest absolute Gasteiger partial charge is 0.301 e. The predicted octanol–water partition coefficient (Wildman–Crippen LogP) is 1.73. The van der Waals surface area contributed by atoms with Crippen molar-refractivity contribution in [3.63, 3.8) is 0 Å². The first-order chi connectivity index (χ1) is 3.29. The molecule has 0 atom stereocenters. The van der Waals surface area contributed by atoms with E-state index in [1.165, 1.54) is 0 Å². The van der Waals surface area contributed by atoms with Crippen LogP contribution in [0, 0.1) is 0 Å². The van der Waals surface area contributed by atoms with Crippen molar-refractivity contribution in [3.05, 3.63) is 12.4 Å². The Hall–Kier alpha value is 0.800. The first kappa shape index (κ1) is 5.93. The summed E-state index contributed by atoms with van der Waals surface area (Å²) in [5.41, 5.74) is 0. The Morgan fingerprint density at radius 3 is 1.71 bits per heavy atom. The smallest absolute Gasteiger partial charge is 0.108 e. The summed E-state index contributed by atoms with van der Waals surface area (Å²) in [4.78, 5) is 0. The van der Waals surface area contributed by atoms with Crippen LogP contribution in [-0.2, 0) is 0 Å². The fourth-order valence-corrected chi connectivity index (χ4v) is 1.90. The monoisotopic (exact) mass is 322 g/mol. The standard InChI is InChI=1S/C3H4I2N2/c4-6-1-2-7(5)3-6/h1-2H,3H2. The molecule has 0 aromatic rings. The van der Waals surface area contributed by atoms with Crippen molar-refractivity contribution in [1.29, 1.82) is 0 Å². The van der Waals surface area contributed by atoms with Gasteiger partial charge in [0.2, 0.25) is 0 Å². The second kappa shape index (κ2) is 2.38. The third-order valence-electron chi connectivity index (χ3n) is 0.660. The van der Waals surface area contributed by atoms with Gasteiger partial charge in [-0.3, -0.25) is 0 Å². The lowest BCUT2D eigenvalue weighted by molar-refractivity contribution is 0.574. The molecule has 0 unspecified atom stereocenters. The zero-order valence-corrected chi connectivity index (χ0v) is 7.83. The van der Waals surface area contributed by atoms with Crippen LogP contribution < -0.4 is 0 Å². The minimum absolute atomic E-state index is 1.00. The fourth-order valence-electron chi connectivity index (χ4n) is 0.368. The quantitative estimate of drug-likeness (QED) is 0.495. The van der Waals surface area contributed by atoms with E-state index in [0.717, 1.165) is 6.67 Å². The van der Waals surface area contributed by atoms with Crippen LogP contribution in [0.1, 0.15) is 0 Å². The van der Waals surface area contributed by atoms with Crippen molar-refractivity contribution in [2.24, 2.45) is 0 Å². The maximum Gasteiger partial charge on any atom is 0.108 e. The zero-order valence-electron chi connectivity index (χ0n) is 3.51. The highest BCUT2D eigenvalue weighted by Gasteiger charge is 2.03. The molecule has 0 N–H and O–H groups in total. The van der Waals surface area contributed by atoms with E-state index in [0.29, 0.717) is 0 Å². The van der Waals surface area contributed by atoms with Crippen LogP contribution >= 0.6 is 45.7 Å². The Bertz CT molecular complexity index is 82.9. The van der Waals surface area contributed by atoms with Crippen LogP contribution in [0.25, 0.3) is 0 Å². The second-order valence-corrected chi connectivity index (χ2v) is 3.72. The number of halogens is 2. The Morgan fingerprint density at radius 2 is 1.57 bits per heavy atom. The maximum atomic E-state index is 2.25. The lowest BCUT2D eigenvalue weighted by Gasteiger charge is -2.05. The van der Waals surface area contributed by atoms with Crippen molar-refractivity contribution in [3.8, 4) is 0 Å². The molecule has 2 nitrogen and oxygen atoms in total. The van der Waals surface area contributed by atoms with Gasteiger partial charge in [-0.1, -0.05) is 0 Å². The molecule has 0 saturated heterocycles. The van der Waals surface area contributed by atoms with Gasteiger partial charge in [-0.15, -0.1) is 0 Å². The maximum absolute atomic E-state index is 2.25. The van der Waals surface area contributed by atoms with Gasteiger partial charge in [-0.2, -0.15) is 0 Å². The number of hydrogen-bond donors (Lipinski definition) is 0. The molecule has 1 rings (SSSR count). The number of rotatable bonds is 0. The summed E-state index contributed by atoms with van der Waals surface area (Å²) in [5.74, 6) is 0. The molecule has 0 amide bonds. The van der Waals surface area contributed by atoms with Crippen LogP contribution in [0.4, 0.5) is 0 Å². The minimum Gasteiger partial charge on any atom is -0.301 e. The molecule has 0 bridgehead atoms. The van der Waals surface area contributed by atoms with E-state index in [4.69, 9.17) is 0 Å².